The van der Waals surface area contributed by atoms with Gasteiger partial charge in [-0.15, -0.1) is 11.3 Å². The molecule has 0 saturated carbocycles. The molecule has 1 heterocycles. The maximum Gasteiger partial charge on any atom is 0.0467 e. The molecule has 0 radical (unpaired) electrons. The van der Waals surface area contributed by atoms with Gasteiger partial charge in [-0.2, -0.15) is 0 Å². The molecule has 1 aliphatic carbocycles. The summed E-state index contributed by atoms with van der Waals surface area (Å²) in [6.45, 7) is 4.74. The highest BCUT2D eigenvalue weighted by atomic mass is 32.1. The first kappa shape index (κ1) is 27.8. The lowest BCUT2D eigenvalue weighted by atomic mass is 9.81. The van der Waals surface area contributed by atoms with Gasteiger partial charge in [0.15, 0.2) is 0 Å². The summed E-state index contributed by atoms with van der Waals surface area (Å²) < 4.78 is 2.67. The lowest BCUT2D eigenvalue weighted by Crippen LogP contribution is -2.16. The third kappa shape index (κ3) is 4.52. The van der Waals surface area contributed by atoms with E-state index in [1.165, 1.54) is 64.7 Å². The van der Waals surface area contributed by atoms with Crippen LogP contribution in [-0.2, 0) is 5.41 Å². The van der Waals surface area contributed by atoms with E-state index >= 15 is 0 Å². The minimum Gasteiger partial charge on any atom is -0.310 e. The van der Waals surface area contributed by atoms with Crippen LogP contribution < -0.4 is 4.90 Å². The Morgan fingerprint density at radius 2 is 1.04 bits per heavy atom. The summed E-state index contributed by atoms with van der Waals surface area (Å²) >= 11 is 1.88. The first-order valence-corrected chi connectivity index (χ1v) is 17.1. The largest absolute Gasteiger partial charge is 0.310 e. The maximum atomic E-state index is 2.42. The number of hydrogen-bond acceptors (Lipinski definition) is 2. The number of hydrogen-bond donors (Lipinski definition) is 0. The molecule has 0 aliphatic heterocycles. The van der Waals surface area contributed by atoms with Crippen LogP contribution >= 0.6 is 11.3 Å². The summed E-state index contributed by atoms with van der Waals surface area (Å²) in [6.07, 6.45) is 0. The molecule has 224 valence electrons. The van der Waals surface area contributed by atoms with Crippen LogP contribution in [0.3, 0.4) is 0 Å². The van der Waals surface area contributed by atoms with Gasteiger partial charge in [-0.25, -0.2) is 0 Å². The minimum atomic E-state index is -0.132. The average molecular weight is 620 g/mol. The molecule has 1 nitrogen and oxygen atoms in total. The first-order valence-electron chi connectivity index (χ1n) is 16.3. The molecule has 0 amide bonds. The standard InChI is InChI=1S/C45H33NS/c1-45(2)41-28-31(30-13-5-3-6-14-30)23-25-37(41)38-26-24-35(29-42(38)45)46(33-16-7-4-8-17-33)34-18-11-15-32(27-34)36-20-12-21-40-39-19-9-10-22-43(39)47-44(36)40/h3-29H,1-2H3. The Kier molecular flexibility index (Phi) is 6.41. The van der Waals surface area contributed by atoms with Crippen LogP contribution in [0.25, 0.3) is 53.6 Å². The van der Waals surface area contributed by atoms with Crippen LogP contribution in [0.15, 0.2) is 164 Å². The lowest BCUT2D eigenvalue weighted by molar-refractivity contribution is 0.660. The Bertz CT molecular complexity index is 2440. The van der Waals surface area contributed by atoms with E-state index in [9.17, 15) is 0 Å². The predicted octanol–water partition coefficient (Wildman–Crippen LogP) is 13.2. The predicted molar refractivity (Wildman–Crippen MR) is 202 cm³/mol. The van der Waals surface area contributed by atoms with Crippen LogP contribution in [0.1, 0.15) is 25.0 Å². The lowest BCUT2D eigenvalue weighted by Gasteiger charge is -2.28. The van der Waals surface area contributed by atoms with Crippen molar-refractivity contribution in [3.63, 3.8) is 0 Å². The summed E-state index contributed by atoms with van der Waals surface area (Å²) in [6, 6.07) is 60.0. The summed E-state index contributed by atoms with van der Waals surface area (Å²) in [4.78, 5) is 2.41. The van der Waals surface area contributed by atoms with Gasteiger partial charge in [0.1, 0.15) is 0 Å². The molecule has 0 bridgehead atoms. The quantitative estimate of drug-likeness (QED) is 0.185. The fourth-order valence-corrected chi connectivity index (χ4v) is 8.72. The Morgan fingerprint density at radius 3 is 1.87 bits per heavy atom. The summed E-state index contributed by atoms with van der Waals surface area (Å²) in [5.41, 5.74) is 13.7. The van der Waals surface area contributed by atoms with Gasteiger partial charge < -0.3 is 4.90 Å². The number of para-hydroxylation sites is 1. The van der Waals surface area contributed by atoms with Crippen LogP contribution in [-0.4, -0.2) is 0 Å². The van der Waals surface area contributed by atoms with E-state index in [1.54, 1.807) is 0 Å². The Morgan fingerprint density at radius 1 is 0.426 bits per heavy atom. The van der Waals surface area contributed by atoms with Gasteiger partial charge in [0.25, 0.3) is 0 Å². The molecule has 1 aromatic heterocycles. The molecule has 8 aromatic rings. The minimum absolute atomic E-state index is 0.132. The van der Waals surface area contributed by atoms with Gasteiger partial charge in [-0.1, -0.05) is 129 Å². The third-order valence-electron chi connectivity index (χ3n) is 9.86. The summed E-state index contributed by atoms with van der Waals surface area (Å²) in [7, 11) is 0. The van der Waals surface area contributed by atoms with Crippen LogP contribution in [0, 0.1) is 0 Å². The van der Waals surface area contributed by atoms with Gasteiger partial charge in [0.05, 0.1) is 0 Å². The average Bonchev–Trinajstić information content (AvgIpc) is 3.61. The molecule has 47 heavy (non-hydrogen) atoms. The van der Waals surface area contributed by atoms with Gasteiger partial charge >= 0.3 is 0 Å². The highest BCUT2D eigenvalue weighted by molar-refractivity contribution is 7.26. The molecule has 0 atom stereocenters. The number of anilines is 3. The van der Waals surface area contributed by atoms with Crippen LogP contribution in [0.2, 0.25) is 0 Å². The highest BCUT2D eigenvalue weighted by Gasteiger charge is 2.36. The third-order valence-corrected chi connectivity index (χ3v) is 11.1. The topological polar surface area (TPSA) is 3.24 Å². The van der Waals surface area contributed by atoms with E-state index < -0.39 is 0 Å². The first-order chi connectivity index (χ1) is 23.1. The van der Waals surface area contributed by atoms with Crippen LogP contribution in [0.5, 0.6) is 0 Å². The number of benzene rings is 7. The SMILES string of the molecule is CC1(C)c2cc(-c3ccccc3)ccc2-c2ccc(N(c3ccccc3)c3cccc(-c4cccc5c4sc4ccccc45)c3)cc21. The number of rotatable bonds is 5. The number of thiophene rings is 1. The van der Waals surface area contributed by atoms with Crippen molar-refractivity contribution in [2.75, 3.05) is 4.90 Å². The van der Waals surface area contributed by atoms with Crippen molar-refractivity contribution < 1.29 is 0 Å². The van der Waals surface area contributed by atoms with E-state index in [2.05, 4.69) is 183 Å². The maximum absolute atomic E-state index is 2.42. The van der Waals surface area contributed by atoms with Gasteiger partial charge in [-0.05, 0) is 93.0 Å². The van der Waals surface area contributed by atoms with Crippen LogP contribution in [0.4, 0.5) is 17.1 Å². The van der Waals surface area contributed by atoms with Gasteiger partial charge in [0.2, 0.25) is 0 Å². The summed E-state index contributed by atoms with van der Waals surface area (Å²) in [5, 5.41) is 2.65. The van der Waals surface area contributed by atoms with E-state index in [4.69, 9.17) is 0 Å². The molecular weight excluding hydrogens is 587 g/mol. The van der Waals surface area contributed by atoms with E-state index in [-0.39, 0.29) is 5.41 Å². The van der Waals surface area contributed by atoms with Crippen molar-refractivity contribution in [1.82, 2.24) is 0 Å². The second-order valence-electron chi connectivity index (χ2n) is 13.0. The van der Waals surface area contributed by atoms with E-state index in [1.807, 2.05) is 11.3 Å². The van der Waals surface area contributed by atoms with Crippen molar-refractivity contribution in [1.29, 1.82) is 0 Å². The second-order valence-corrected chi connectivity index (χ2v) is 14.0. The van der Waals surface area contributed by atoms with E-state index in [0.717, 1.165) is 17.1 Å². The normalized spacial score (nSPS) is 13.1. The fourth-order valence-electron chi connectivity index (χ4n) is 7.49. The molecule has 7 aromatic carbocycles. The molecular formula is C45H33NS. The smallest absolute Gasteiger partial charge is 0.0467 e. The molecule has 9 rings (SSSR count). The zero-order valence-corrected chi connectivity index (χ0v) is 27.3. The zero-order valence-electron chi connectivity index (χ0n) is 26.4. The van der Waals surface area contributed by atoms with Crippen molar-refractivity contribution in [3.05, 3.63) is 175 Å². The molecule has 0 fully saturated rings. The second kappa shape index (κ2) is 10.8. The Balaban J connectivity index is 1.17. The number of fused-ring (bicyclic) bond motifs is 6. The zero-order chi connectivity index (χ0) is 31.5. The highest BCUT2D eigenvalue weighted by Crippen LogP contribution is 2.52. The number of nitrogens with zero attached hydrogens (tertiary/aromatic N) is 1. The Hall–Kier alpha value is -5.44. The summed E-state index contributed by atoms with van der Waals surface area (Å²) in [5.74, 6) is 0. The Labute approximate surface area is 280 Å². The van der Waals surface area contributed by atoms with Crippen molar-refractivity contribution >= 4 is 48.6 Å². The molecule has 1 aliphatic rings. The van der Waals surface area contributed by atoms with Gasteiger partial charge in [-0.3, -0.25) is 0 Å². The molecule has 0 N–H and O–H groups in total. The van der Waals surface area contributed by atoms with Crippen molar-refractivity contribution in [2.24, 2.45) is 0 Å². The van der Waals surface area contributed by atoms with Crippen molar-refractivity contribution in [2.45, 2.75) is 19.3 Å². The van der Waals surface area contributed by atoms with Gasteiger partial charge in [0, 0.05) is 42.6 Å². The molecule has 0 unspecified atom stereocenters. The van der Waals surface area contributed by atoms with Crippen molar-refractivity contribution in [3.8, 4) is 33.4 Å². The monoisotopic (exact) mass is 619 g/mol. The van der Waals surface area contributed by atoms with E-state index in [0.29, 0.717) is 0 Å². The molecule has 0 spiro atoms. The molecule has 0 saturated heterocycles. The molecule has 2 heteroatoms. The fraction of sp³-hybridized carbons (Fsp3) is 0.0667.